The fourth-order valence-electron chi connectivity index (χ4n) is 3.62. The Bertz CT molecular complexity index is 728. The SMILES string of the molecule is CN=C(NCc1ccnc(C)n1)N1CCC(C2(C)NC(=O)NC2=O)CC1. The van der Waals surface area contributed by atoms with E-state index in [2.05, 4.69) is 35.8 Å². The molecule has 0 spiro atoms. The van der Waals surface area contributed by atoms with Crippen LogP contribution in [0.3, 0.4) is 0 Å². The molecule has 140 valence electrons. The van der Waals surface area contributed by atoms with Gasteiger partial charge in [-0.15, -0.1) is 0 Å². The number of hydrogen-bond acceptors (Lipinski definition) is 5. The van der Waals surface area contributed by atoms with Crippen molar-refractivity contribution < 1.29 is 9.59 Å². The summed E-state index contributed by atoms with van der Waals surface area (Å²) in [5.74, 6) is 1.42. The molecular weight excluding hydrogens is 334 g/mol. The van der Waals surface area contributed by atoms with E-state index in [1.54, 1.807) is 20.2 Å². The van der Waals surface area contributed by atoms with Crippen LogP contribution in [-0.4, -0.2) is 58.4 Å². The lowest BCUT2D eigenvalue weighted by Gasteiger charge is -2.39. The maximum Gasteiger partial charge on any atom is 0.322 e. The lowest BCUT2D eigenvalue weighted by Crippen LogP contribution is -2.55. The lowest BCUT2D eigenvalue weighted by molar-refractivity contribution is -0.125. The van der Waals surface area contributed by atoms with Gasteiger partial charge >= 0.3 is 6.03 Å². The molecule has 0 radical (unpaired) electrons. The molecule has 0 saturated carbocycles. The first-order valence-electron chi connectivity index (χ1n) is 8.80. The van der Waals surface area contributed by atoms with Gasteiger partial charge in [0.25, 0.3) is 5.91 Å². The first-order valence-corrected chi connectivity index (χ1v) is 8.80. The van der Waals surface area contributed by atoms with Gasteiger partial charge in [-0.3, -0.25) is 15.1 Å². The van der Waals surface area contributed by atoms with Crippen molar-refractivity contribution in [3.8, 4) is 0 Å². The van der Waals surface area contributed by atoms with E-state index in [1.807, 2.05) is 13.0 Å². The molecule has 1 aromatic heterocycles. The van der Waals surface area contributed by atoms with Crippen molar-refractivity contribution in [2.24, 2.45) is 10.9 Å². The van der Waals surface area contributed by atoms with Gasteiger partial charge in [0.15, 0.2) is 5.96 Å². The summed E-state index contributed by atoms with van der Waals surface area (Å²) in [5, 5.41) is 8.45. The van der Waals surface area contributed by atoms with Gasteiger partial charge in [-0.2, -0.15) is 0 Å². The van der Waals surface area contributed by atoms with Gasteiger partial charge in [0.1, 0.15) is 11.4 Å². The molecule has 2 aliphatic heterocycles. The minimum atomic E-state index is -0.821. The number of urea groups is 1. The molecule has 2 fully saturated rings. The molecule has 26 heavy (non-hydrogen) atoms. The van der Waals surface area contributed by atoms with Gasteiger partial charge in [0.2, 0.25) is 0 Å². The van der Waals surface area contributed by atoms with Crippen molar-refractivity contribution in [3.05, 3.63) is 23.8 Å². The molecule has 3 N–H and O–H groups in total. The fourth-order valence-corrected chi connectivity index (χ4v) is 3.62. The molecule has 2 aliphatic rings. The zero-order valence-electron chi connectivity index (χ0n) is 15.4. The Balaban J connectivity index is 1.56. The highest BCUT2D eigenvalue weighted by molar-refractivity contribution is 6.07. The Hall–Kier alpha value is -2.71. The van der Waals surface area contributed by atoms with Crippen LogP contribution in [-0.2, 0) is 11.3 Å². The maximum atomic E-state index is 12.1. The van der Waals surface area contributed by atoms with Crippen LogP contribution in [0.5, 0.6) is 0 Å². The van der Waals surface area contributed by atoms with Crippen LogP contribution in [0.1, 0.15) is 31.3 Å². The Morgan fingerprint density at radius 3 is 2.73 bits per heavy atom. The second-order valence-corrected chi connectivity index (χ2v) is 6.87. The topological polar surface area (TPSA) is 112 Å². The molecule has 0 aromatic carbocycles. The quantitative estimate of drug-likeness (QED) is 0.403. The number of amides is 3. The van der Waals surface area contributed by atoms with Gasteiger partial charge in [0.05, 0.1) is 12.2 Å². The third-order valence-corrected chi connectivity index (χ3v) is 5.16. The van der Waals surface area contributed by atoms with E-state index >= 15 is 0 Å². The number of imide groups is 1. The number of aliphatic imine (C=N–C) groups is 1. The summed E-state index contributed by atoms with van der Waals surface area (Å²) in [6.07, 6.45) is 3.35. The smallest absolute Gasteiger partial charge is 0.322 e. The van der Waals surface area contributed by atoms with Crippen LogP contribution >= 0.6 is 0 Å². The number of likely N-dealkylation sites (tertiary alicyclic amines) is 1. The molecule has 2 saturated heterocycles. The molecule has 1 aromatic rings. The minimum absolute atomic E-state index is 0.104. The number of aromatic nitrogens is 2. The standard InChI is InChI=1S/C17H25N7O2/c1-11-19-7-4-13(21-11)10-20-15(18-3)24-8-5-12(6-9-24)17(2)14(25)22-16(26)23-17/h4,7,12H,5-6,8-10H2,1-3H3,(H,18,20)(H2,22,23,25,26). The molecular formula is C17H25N7O2. The predicted octanol–water partition coefficient (Wildman–Crippen LogP) is 0.171. The lowest BCUT2D eigenvalue weighted by atomic mass is 9.79. The van der Waals surface area contributed by atoms with Crippen LogP contribution < -0.4 is 16.0 Å². The summed E-state index contributed by atoms with van der Waals surface area (Å²) in [6.45, 7) is 5.78. The van der Waals surface area contributed by atoms with Gasteiger partial charge in [-0.05, 0) is 38.7 Å². The minimum Gasteiger partial charge on any atom is -0.351 e. The van der Waals surface area contributed by atoms with Crippen LogP contribution in [0.25, 0.3) is 0 Å². The van der Waals surface area contributed by atoms with Crippen LogP contribution in [0.4, 0.5) is 4.79 Å². The molecule has 1 unspecified atom stereocenters. The molecule has 3 amide bonds. The molecule has 0 aliphatic carbocycles. The van der Waals surface area contributed by atoms with Crippen molar-refractivity contribution in [1.29, 1.82) is 0 Å². The summed E-state index contributed by atoms with van der Waals surface area (Å²) in [7, 11) is 1.76. The van der Waals surface area contributed by atoms with E-state index in [0.29, 0.717) is 6.54 Å². The summed E-state index contributed by atoms with van der Waals surface area (Å²) in [6, 6.07) is 1.47. The van der Waals surface area contributed by atoms with E-state index in [0.717, 1.165) is 43.4 Å². The molecule has 0 bridgehead atoms. The molecule has 1 atom stereocenters. The molecule has 3 rings (SSSR count). The number of carbonyl (C=O) groups excluding carboxylic acids is 2. The number of carbonyl (C=O) groups is 2. The maximum absolute atomic E-state index is 12.1. The third-order valence-electron chi connectivity index (χ3n) is 5.16. The molecule has 9 heteroatoms. The average Bonchev–Trinajstić information content (AvgIpc) is 2.89. The molecule has 9 nitrogen and oxygen atoms in total. The van der Waals surface area contributed by atoms with Gasteiger partial charge < -0.3 is 15.5 Å². The number of aryl methyl sites for hydroxylation is 1. The van der Waals surface area contributed by atoms with Crippen molar-refractivity contribution >= 4 is 17.9 Å². The van der Waals surface area contributed by atoms with Gasteiger partial charge in [0, 0.05) is 26.3 Å². The van der Waals surface area contributed by atoms with Crippen molar-refractivity contribution in [3.63, 3.8) is 0 Å². The Morgan fingerprint density at radius 1 is 1.42 bits per heavy atom. The summed E-state index contributed by atoms with van der Waals surface area (Å²) < 4.78 is 0. The second kappa shape index (κ2) is 7.27. The van der Waals surface area contributed by atoms with E-state index in [-0.39, 0.29) is 11.8 Å². The van der Waals surface area contributed by atoms with Crippen molar-refractivity contribution in [2.45, 2.75) is 38.8 Å². The highest BCUT2D eigenvalue weighted by atomic mass is 16.2. The zero-order chi connectivity index (χ0) is 18.7. The predicted molar refractivity (Wildman–Crippen MR) is 96.3 cm³/mol. The molecule has 3 heterocycles. The summed E-state index contributed by atoms with van der Waals surface area (Å²) in [4.78, 5) is 38.6. The Kier molecular flexibility index (Phi) is 5.06. The van der Waals surface area contributed by atoms with Crippen LogP contribution in [0.15, 0.2) is 17.3 Å². The first-order chi connectivity index (χ1) is 12.4. The monoisotopic (exact) mass is 359 g/mol. The van der Waals surface area contributed by atoms with E-state index in [1.165, 1.54) is 0 Å². The van der Waals surface area contributed by atoms with Gasteiger partial charge in [-0.25, -0.2) is 14.8 Å². The Labute approximate surface area is 152 Å². The van der Waals surface area contributed by atoms with E-state index in [9.17, 15) is 9.59 Å². The van der Waals surface area contributed by atoms with Crippen molar-refractivity contribution in [2.75, 3.05) is 20.1 Å². The second-order valence-electron chi connectivity index (χ2n) is 6.87. The highest BCUT2D eigenvalue weighted by Crippen LogP contribution is 2.30. The number of hydrogen-bond donors (Lipinski definition) is 3. The summed E-state index contributed by atoms with van der Waals surface area (Å²) >= 11 is 0. The number of nitrogens with zero attached hydrogens (tertiary/aromatic N) is 4. The zero-order valence-corrected chi connectivity index (χ0v) is 15.4. The summed E-state index contributed by atoms with van der Waals surface area (Å²) in [5.41, 5.74) is 0.0879. The van der Waals surface area contributed by atoms with Crippen LogP contribution in [0, 0.1) is 12.8 Å². The first kappa shape index (κ1) is 18.1. The highest BCUT2D eigenvalue weighted by Gasteiger charge is 2.48. The van der Waals surface area contributed by atoms with Crippen molar-refractivity contribution in [1.82, 2.24) is 30.8 Å². The van der Waals surface area contributed by atoms with E-state index < -0.39 is 11.6 Å². The third kappa shape index (κ3) is 3.61. The van der Waals surface area contributed by atoms with Crippen LogP contribution in [0.2, 0.25) is 0 Å². The number of guanidine groups is 1. The van der Waals surface area contributed by atoms with Gasteiger partial charge in [-0.1, -0.05) is 0 Å². The number of nitrogens with one attached hydrogen (secondary N) is 3. The number of rotatable bonds is 3. The largest absolute Gasteiger partial charge is 0.351 e. The normalized spacial score (nSPS) is 24.4. The average molecular weight is 359 g/mol. The Morgan fingerprint density at radius 2 is 2.15 bits per heavy atom. The van der Waals surface area contributed by atoms with E-state index in [4.69, 9.17) is 0 Å². The number of piperidine rings is 1. The fraction of sp³-hybridized carbons (Fsp3) is 0.588.